The third kappa shape index (κ3) is 7.45. The zero-order chi connectivity index (χ0) is 32.1. The van der Waals surface area contributed by atoms with Gasteiger partial charge in [0.15, 0.2) is 0 Å². The number of likely N-dealkylation sites (tertiary alicyclic amines) is 1. The summed E-state index contributed by atoms with van der Waals surface area (Å²) in [5.74, 6) is 0.353. The molecule has 1 saturated heterocycles. The molecule has 0 aliphatic carbocycles. The van der Waals surface area contributed by atoms with E-state index < -0.39 is 10.8 Å². The van der Waals surface area contributed by atoms with Gasteiger partial charge >= 0.3 is 0 Å². The van der Waals surface area contributed by atoms with E-state index in [0.717, 1.165) is 65.7 Å². The second kappa shape index (κ2) is 14.9. The fourth-order valence-corrected chi connectivity index (χ4v) is 7.86. The lowest BCUT2D eigenvalue weighted by Crippen LogP contribution is -2.36. The number of fused-ring (bicyclic) bond motifs is 1. The molecule has 234 valence electrons. The zero-order valence-electron chi connectivity index (χ0n) is 26.1. The van der Waals surface area contributed by atoms with Crippen molar-refractivity contribution in [1.82, 2.24) is 9.80 Å². The minimum absolute atomic E-state index is 0.0326. The van der Waals surface area contributed by atoms with Crippen LogP contribution in [0.1, 0.15) is 70.6 Å². The standard InChI is InChI=1S/C37H39Cl2N3O2S/c1-4-30-29(23-40)21-27-9-5-6-11-32(27)36(30)37(43)41(2)24-28(26-13-14-33(38)34(39)22-26)17-20-42-18-15-25(16-19-42)31-10-7-8-12-35(31)45(3)44/h5-14,21-22,25,28H,4,15-20,24H2,1-3H3/t28?,45-/m0/s1. The van der Waals surface area contributed by atoms with Gasteiger partial charge in [0, 0.05) is 30.7 Å². The van der Waals surface area contributed by atoms with E-state index in [2.05, 4.69) is 17.0 Å². The van der Waals surface area contributed by atoms with Crippen molar-refractivity contribution in [2.24, 2.45) is 0 Å². The molecule has 2 atom stereocenters. The van der Waals surface area contributed by atoms with Gasteiger partial charge in [-0.15, -0.1) is 0 Å². The molecule has 8 heteroatoms. The van der Waals surface area contributed by atoms with E-state index in [1.54, 1.807) is 11.2 Å². The molecule has 1 amide bonds. The van der Waals surface area contributed by atoms with E-state index in [0.29, 0.717) is 40.1 Å². The Balaban J connectivity index is 1.35. The average molecular weight is 661 g/mol. The second-order valence-electron chi connectivity index (χ2n) is 11.9. The van der Waals surface area contributed by atoms with Crippen molar-refractivity contribution in [2.45, 2.75) is 49.3 Å². The van der Waals surface area contributed by atoms with Crippen LogP contribution in [0.3, 0.4) is 0 Å². The van der Waals surface area contributed by atoms with Crippen LogP contribution in [0.4, 0.5) is 0 Å². The molecule has 0 N–H and O–H groups in total. The number of piperidine rings is 1. The number of carbonyl (C=O) groups is 1. The summed E-state index contributed by atoms with van der Waals surface area (Å²) in [6.45, 7) is 5.30. The number of nitriles is 1. The molecule has 1 aliphatic heterocycles. The van der Waals surface area contributed by atoms with Gasteiger partial charge in [0.2, 0.25) is 0 Å². The molecular formula is C37H39Cl2N3O2S. The Morgan fingerprint density at radius 3 is 2.44 bits per heavy atom. The highest BCUT2D eigenvalue weighted by atomic mass is 35.5. The van der Waals surface area contributed by atoms with Gasteiger partial charge in [0.1, 0.15) is 0 Å². The molecule has 0 saturated carbocycles. The van der Waals surface area contributed by atoms with Crippen LogP contribution < -0.4 is 0 Å². The Bertz CT molecular complexity index is 1760. The van der Waals surface area contributed by atoms with Crippen LogP contribution in [0.2, 0.25) is 10.0 Å². The first kappa shape index (κ1) is 33.2. The first-order chi connectivity index (χ1) is 21.7. The van der Waals surface area contributed by atoms with Crippen LogP contribution in [0.5, 0.6) is 0 Å². The molecule has 0 aromatic heterocycles. The van der Waals surface area contributed by atoms with E-state index in [-0.39, 0.29) is 11.8 Å². The molecular weight excluding hydrogens is 621 g/mol. The molecule has 1 aliphatic rings. The van der Waals surface area contributed by atoms with Crippen molar-refractivity contribution in [3.05, 3.63) is 111 Å². The summed E-state index contributed by atoms with van der Waals surface area (Å²) < 4.78 is 12.3. The van der Waals surface area contributed by atoms with Crippen molar-refractivity contribution in [3.8, 4) is 6.07 Å². The van der Waals surface area contributed by atoms with Gasteiger partial charge in [0.25, 0.3) is 5.91 Å². The lowest BCUT2D eigenvalue weighted by Gasteiger charge is -2.34. The quantitative estimate of drug-likeness (QED) is 0.171. The summed E-state index contributed by atoms with van der Waals surface area (Å²) in [5.41, 5.74) is 4.20. The van der Waals surface area contributed by atoms with Gasteiger partial charge in [-0.1, -0.05) is 78.7 Å². The molecule has 1 fully saturated rings. The molecule has 45 heavy (non-hydrogen) atoms. The van der Waals surface area contributed by atoms with Gasteiger partial charge < -0.3 is 9.80 Å². The summed E-state index contributed by atoms with van der Waals surface area (Å²) in [6, 6.07) is 25.9. The Kier molecular flexibility index (Phi) is 11.0. The molecule has 5 nitrogen and oxygen atoms in total. The highest BCUT2D eigenvalue weighted by Crippen LogP contribution is 2.34. The first-order valence-electron chi connectivity index (χ1n) is 15.5. The van der Waals surface area contributed by atoms with Gasteiger partial charge in [0.05, 0.1) is 38.0 Å². The topological polar surface area (TPSA) is 64.4 Å². The predicted octanol–water partition coefficient (Wildman–Crippen LogP) is 8.44. The lowest BCUT2D eigenvalue weighted by atomic mass is 9.88. The highest BCUT2D eigenvalue weighted by molar-refractivity contribution is 7.84. The number of amides is 1. The van der Waals surface area contributed by atoms with Crippen LogP contribution in [-0.2, 0) is 17.2 Å². The molecule has 0 radical (unpaired) electrons. The zero-order valence-corrected chi connectivity index (χ0v) is 28.4. The van der Waals surface area contributed by atoms with E-state index >= 15 is 0 Å². The van der Waals surface area contributed by atoms with Crippen LogP contribution in [0, 0.1) is 11.3 Å². The summed E-state index contributed by atoms with van der Waals surface area (Å²) in [5, 5.41) is 12.7. The summed E-state index contributed by atoms with van der Waals surface area (Å²) in [4.78, 5) is 19.4. The Hall–Kier alpha value is -3.21. The fraction of sp³-hybridized carbons (Fsp3) is 0.351. The van der Waals surface area contributed by atoms with Gasteiger partial charge in [-0.2, -0.15) is 5.26 Å². The molecule has 4 aromatic carbocycles. The smallest absolute Gasteiger partial charge is 0.254 e. The second-order valence-corrected chi connectivity index (χ2v) is 14.1. The lowest BCUT2D eigenvalue weighted by molar-refractivity contribution is 0.0782. The number of nitrogens with zero attached hydrogens (tertiary/aromatic N) is 3. The molecule has 1 unspecified atom stereocenters. The fourth-order valence-electron chi connectivity index (χ4n) is 6.72. The normalized spacial score (nSPS) is 15.5. The first-order valence-corrected chi connectivity index (χ1v) is 17.8. The molecule has 1 heterocycles. The summed E-state index contributed by atoms with van der Waals surface area (Å²) in [6.07, 6.45) is 5.23. The van der Waals surface area contributed by atoms with E-state index in [1.807, 2.05) is 80.7 Å². The molecule has 4 aromatic rings. The molecule has 0 bridgehead atoms. The minimum atomic E-state index is -1.00. The molecule has 5 rings (SSSR count). The summed E-state index contributed by atoms with van der Waals surface area (Å²) >= 11 is 12.8. The monoisotopic (exact) mass is 659 g/mol. The van der Waals surface area contributed by atoms with Crippen LogP contribution in [0.15, 0.2) is 77.7 Å². The third-order valence-corrected chi connectivity index (χ3v) is 10.9. The number of hydrogen-bond acceptors (Lipinski definition) is 4. The van der Waals surface area contributed by atoms with E-state index in [4.69, 9.17) is 23.2 Å². The number of likely N-dealkylation sites (N-methyl/N-ethyl adjacent to an activating group) is 1. The maximum atomic E-state index is 14.2. The highest BCUT2D eigenvalue weighted by Gasteiger charge is 2.27. The Morgan fingerprint density at radius 1 is 1.04 bits per heavy atom. The SMILES string of the molecule is CCc1c(C#N)cc2ccccc2c1C(=O)N(C)CC(CCN1CCC(c2ccccc2[S@](C)=O)CC1)c1ccc(Cl)c(Cl)c1. The third-order valence-electron chi connectivity index (χ3n) is 9.15. The molecule has 0 spiro atoms. The van der Waals surface area contributed by atoms with Crippen molar-refractivity contribution < 1.29 is 9.00 Å². The van der Waals surface area contributed by atoms with E-state index in [9.17, 15) is 14.3 Å². The largest absolute Gasteiger partial charge is 0.341 e. The van der Waals surface area contributed by atoms with Gasteiger partial charge in [-0.3, -0.25) is 9.00 Å². The van der Waals surface area contributed by atoms with Crippen molar-refractivity contribution in [3.63, 3.8) is 0 Å². The average Bonchev–Trinajstić information content (AvgIpc) is 3.06. The number of rotatable bonds is 10. The maximum absolute atomic E-state index is 14.2. The number of benzene rings is 4. The predicted molar refractivity (Wildman–Crippen MR) is 186 cm³/mol. The van der Waals surface area contributed by atoms with Crippen LogP contribution in [-0.4, -0.2) is 59.4 Å². The minimum Gasteiger partial charge on any atom is -0.341 e. The van der Waals surface area contributed by atoms with Gasteiger partial charge in [-0.25, -0.2) is 0 Å². The van der Waals surface area contributed by atoms with E-state index in [1.165, 1.54) is 5.56 Å². The van der Waals surface area contributed by atoms with Gasteiger partial charge in [-0.05, 0) is 103 Å². The van der Waals surface area contributed by atoms with Crippen molar-refractivity contribution >= 4 is 50.7 Å². The van der Waals surface area contributed by atoms with Crippen LogP contribution in [0.25, 0.3) is 10.8 Å². The van der Waals surface area contributed by atoms with Crippen LogP contribution >= 0.6 is 23.2 Å². The maximum Gasteiger partial charge on any atom is 0.254 e. The van der Waals surface area contributed by atoms with Crippen molar-refractivity contribution in [2.75, 3.05) is 39.5 Å². The Morgan fingerprint density at radius 2 is 1.76 bits per heavy atom. The number of carbonyl (C=O) groups excluding carboxylic acids is 1. The number of hydrogen-bond donors (Lipinski definition) is 0. The van der Waals surface area contributed by atoms with Crippen molar-refractivity contribution in [1.29, 1.82) is 5.26 Å². The Labute approximate surface area is 279 Å². The summed E-state index contributed by atoms with van der Waals surface area (Å²) in [7, 11) is 0.845. The number of halogens is 2.